The number of ether oxygens (including phenoxy) is 1. The third kappa shape index (κ3) is 2.83. The molecule has 2 nitrogen and oxygen atoms in total. The summed E-state index contributed by atoms with van der Waals surface area (Å²) in [5.41, 5.74) is -0.480. The molecular weight excluding hydrogens is 244 g/mol. The summed E-state index contributed by atoms with van der Waals surface area (Å²) >= 11 is 2.08. The van der Waals surface area contributed by atoms with Crippen molar-refractivity contribution in [2.75, 3.05) is 6.61 Å². The average Bonchev–Trinajstić information content (AvgIpc) is 2.70. The minimum atomic E-state index is -0.480. The van der Waals surface area contributed by atoms with E-state index in [1.807, 2.05) is 30.3 Å². The molecule has 0 amide bonds. The molecule has 2 saturated heterocycles. The lowest BCUT2D eigenvalue weighted by molar-refractivity contribution is 0.00411. The predicted octanol–water partition coefficient (Wildman–Crippen LogP) is 3.24. The van der Waals surface area contributed by atoms with Gasteiger partial charge in [-0.1, -0.05) is 18.2 Å². The maximum atomic E-state index is 10.6. The molecule has 2 aliphatic heterocycles. The van der Waals surface area contributed by atoms with Gasteiger partial charge < -0.3 is 9.84 Å². The van der Waals surface area contributed by atoms with Crippen LogP contribution in [0.15, 0.2) is 30.3 Å². The lowest BCUT2D eigenvalue weighted by Gasteiger charge is -2.35. The Bertz CT molecular complexity index is 381. The van der Waals surface area contributed by atoms with Crippen molar-refractivity contribution in [2.45, 2.75) is 48.2 Å². The molecule has 2 atom stereocenters. The minimum absolute atomic E-state index is 0.480. The quantitative estimate of drug-likeness (QED) is 0.905. The van der Waals surface area contributed by atoms with E-state index < -0.39 is 5.60 Å². The van der Waals surface area contributed by atoms with Crippen molar-refractivity contribution in [3.8, 4) is 5.75 Å². The number of rotatable bonds is 4. The van der Waals surface area contributed by atoms with Crippen molar-refractivity contribution in [3.63, 3.8) is 0 Å². The van der Waals surface area contributed by atoms with Gasteiger partial charge in [0.2, 0.25) is 0 Å². The summed E-state index contributed by atoms with van der Waals surface area (Å²) in [6.45, 7) is 0.616. The molecule has 2 aliphatic rings. The SMILES string of the molecule is OC1(CCOc2ccccc2)CC2CCC(C1)S2. The van der Waals surface area contributed by atoms with Gasteiger partial charge in [-0.3, -0.25) is 0 Å². The molecule has 1 aromatic carbocycles. The van der Waals surface area contributed by atoms with E-state index >= 15 is 0 Å². The lowest BCUT2D eigenvalue weighted by atomic mass is 9.90. The fourth-order valence-corrected chi connectivity index (χ4v) is 4.99. The molecule has 2 fully saturated rings. The van der Waals surface area contributed by atoms with Crippen LogP contribution < -0.4 is 4.74 Å². The topological polar surface area (TPSA) is 29.5 Å². The van der Waals surface area contributed by atoms with Crippen molar-refractivity contribution in [1.29, 1.82) is 0 Å². The predicted molar refractivity (Wildman–Crippen MR) is 75.1 cm³/mol. The first-order chi connectivity index (χ1) is 8.73. The van der Waals surface area contributed by atoms with Crippen molar-refractivity contribution < 1.29 is 9.84 Å². The summed E-state index contributed by atoms with van der Waals surface area (Å²) in [7, 11) is 0. The Balaban J connectivity index is 1.51. The Labute approximate surface area is 113 Å². The van der Waals surface area contributed by atoms with E-state index in [9.17, 15) is 5.11 Å². The average molecular weight is 264 g/mol. The summed E-state index contributed by atoms with van der Waals surface area (Å²) in [5.74, 6) is 0.897. The van der Waals surface area contributed by atoms with Gasteiger partial charge >= 0.3 is 0 Å². The van der Waals surface area contributed by atoms with Gasteiger partial charge in [-0.2, -0.15) is 11.8 Å². The normalized spacial score (nSPS) is 34.5. The van der Waals surface area contributed by atoms with Crippen LogP contribution in [0, 0.1) is 0 Å². The van der Waals surface area contributed by atoms with Gasteiger partial charge in [0, 0.05) is 16.9 Å². The van der Waals surface area contributed by atoms with Gasteiger partial charge in [0.25, 0.3) is 0 Å². The number of hydrogen-bond donors (Lipinski definition) is 1. The van der Waals surface area contributed by atoms with Crippen molar-refractivity contribution in [2.24, 2.45) is 0 Å². The molecule has 2 heterocycles. The number of fused-ring (bicyclic) bond motifs is 2. The van der Waals surface area contributed by atoms with Crippen molar-refractivity contribution in [3.05, 3.63) is 30.3 Å². The van der Waals surface area contributed by atoms with E-state index in [-0.39, 0.29) is 0 Å². The largest absolute Gasteiger partial charge is 0.493 e. The Morgan fingerprint density at radius 2 is 1.83 bits per heavy atom. The van der Waals surface area contributed by atoms with Crippen LogP contribution in [0.1, 0.15) is 32.1 Å². The standard InChI is InChI=1S/C15H20O2S/c16-15(10-13-6-7-14(11-15)18-13)8-9-17-12-4-2-1-3-5-12/h1-5,13-14,16H,6-11H2. The molecule has 0 spiro atoms. The smallest absolute Gasteiger partial charge is 0.119 e. The van der Waals surface area contributed by atoms with E-state index in [1.54, 1.807) is 0 Å². The van der Waals surface area contributed by atoms with Gasteiger partial charge in [0.05, 0.1) is 12.2 Å². The third-order valence-corrected chi connectivity index (χ3v) is 5.56. The van der Waals surface area contributed by atoms with Crippen LogP contribution in [0.2, 0.25) is 0 Å². The van der Waals surface area contributed by atoms with Crippen LogP contribution in [0.25, 0.3) is 0 Å². The summed E-state index contributed by atoms with van der Waals surface area (Å²) in [6, 6.07) is 9.86. The second-order valence-corrected chi connectivity index (χ2v) is 7.11. The van der Waals surface area contributed by atoms with E-state index in [0.717, 1.165) is 25.0 Å². The summed E-state index contributed by atoms with van der Waals surface area (Å²) in [4.78, 5) is 0. The van der Waals surface area contributed by atoms with Crippen molar-refractivity contribution >= 4 is 11.8 Å². The number of para-hydroxylation sites is 1. The molecule has 0 aliphatic carbocycles. The number of thioether (sulfide) groups is 1. The molecule has 0 aromatic heterocycles. The molecule has 3 rings (SSSR count). The lowest BCUT2D eigenvalue weighted by Crippen LogP contribution is -2.38. The minimum Gasteiger partial charge on any atom is -0.493 e. The highest BCUT2D eigenvalue weighted by Crippen LogP contribution is 2.48. The first kappa shape index (κ1) is 12.4. The molecule has 3 heteroatoms. The molecule has 1 N–H and O–H groups in total. The van der Waals surface area contributed by atoms with Crippen LogP contribution in [0.5, 0.6) is 5.75 Å². The first-order valence-corrected chi connectivity index (χ1v) is 7.73. The van der Waals surface area contributed by atoms with Gasteiger partial charge in [0.1, 0.15) is 5.75 Å². The summed E-state index contributed by atoms with van der Waals surface area (Å²) in [6.07, 6.45) is 5.24. The molecule has 0 radical (unpaired) electrons. The molecule has 18 heavy (non-hydrogen) atoms. The zero-order chi connectivity index (χ0) is 12.4. The van der Waals surface area contributed by atoms with E-state index in [2.05, 4.69) is 11.8 Å². The fourth-order valence-electron chi connectivity index (χ4n) is 3.09. The van der Waals surface area contributed by atoms with Crippen LogP contribution in [-0.4, -0.2) is 27.8 Å². The molecule has 1 aromatic rings. The fraction of sp³-hybridized carbons (Fsp3) is 0.600. The first-order valence-electron chi connectivity index (χ1n) is 6.79. The highest BCUT2D eigenvalue weighted by Gasteiger charge is 2.42. The molecule has 0 saturated carbocycles. The number of aliphatic hydroxyl groups is 1. The van der Waals surface area contributed by atoms with E-state index in [4.69, 9.17) is 4.74 Å². The third-order valence-electron chi connectivity index (χ3n) is 3.99. The monoisotopic (exact) mass is 264 g/mol. The Kier molecular flexibility index (Phi) is 3.53. The molecule has 98 valence electrons. The Morgan fingerprint density at radius 3 is 2.50 bits per heavy atom. The molecule has 2 unspecified atom stereocenters. The summed E-state index contributed by atoms with van der Waals surface area (Å²) < 4.78 is 5.70. The number of benzene rings is 1. The van der Waals surface area contributed by atoms with Gasteiger partial charge in [0.15, 0.2) is 0 Å². The molecular formula is C15H20O2S. The second-order valence-electron chi connectivity index (χ2n) is 5.50. The maximum absolute atomic E-state index is 10.6. The summed E-state index contributed by atoms with van der Waals surface area (Å²) in [5, 5.41) is 12.0. The highest BCUT2D eigenvalue weighted by molar-refractivity contribution is 8.00. The maximum Gasteiger partial charge on any atom is 0.119 e. The zero-order valence-corrected chi connectivity index (χ0v) is 11.4. The van der Waals surface area contributed by atoms with Crippen LogP contribution in [0.4, 0.5) is 0 Å². The molecule has 2 bridgehead atoms. The Hall–Kier alpha value is -0.670. The van der Waals surface area contributed by atoms with Gasteiger partial charge in [-0.05, 0) is 37.8 Å². The van der Waals surface area contributed by atoms with Gasteiger partial charge in [-0.25, -0.2) is 0 Å². The van der Waals surface area contributed by atoms with Crippen molar-refractivity contribution in [1.82, 2.24) is 0 Å². The van der Waals surface area contributed by atoms with Crippen LogP contribution in [-0.2, 0) is 0 Å². The highest BCUT2D eigenvalue weighted by atomic mass is 32.2. The van der Waals surface area contributed by atoms with Gasteiger partial charge in [-0.15, -0.1) is 0 Å². The number of hydrogen-bond acceptors (Lipinski definition) is 3. The second kappa shape index (κ2) is 5.14. The van der Waals surface area contributed by atoms with E-state index in [0.29, 0.717) is 17.1 Å². The zero-order valence-electron chi connectivity index (χ0n) is 10.5. The Morgan fingerprint density at radius 1 is 1.17 bits per heavy atom. The van der Waals surface area contributed by atoms with Crippen LogP contribution in [0.3, 0.4) is 0 Å². The van der Waals surface area contributed by atoms with E-state index in [1.165, 1.54) is 12.8 Å². The van der Waals surface area contributed by atoms with Crippen LogP contribution >= 0.6 is 11.8 Å².